The number of benzene rings is 2. The number of rotatable bonds is 8. The van der Waals surface area contributed by atoms with Gasteiger partial charge >= 0.3 is 5.97 Å². The summed E-state index contributed by atoms with van der Waals surface area (Å²) in [6.45, 7) is 0. The highest BCUT2D eigenvalue weighted by molar-refractivity contribution is 7.13. The van der Waals surface area contributed by atoms with Gasteiger partial charge in [-0.25, -0.2) is 4.98 Å². The highest BCUT2D eigenvalue weighted by Gasteiger charge is 2.23. The first-order chi connectivity index (χ1) is 13.1. The SMILES string of the molecule is COc1ccccc1-c1nc(CC(=O)C[C@@H](C(=O)O)c2ccccc2)cs1. The molecule has 0 radical (unpaired) electrons. The van der Waals surface area contributed by atoms with Crippen LogP contribution in [0.5, 0.6) is 5.75 Å². The Morgan fingerprint density at radius 2 is 1.81 bits per heavy atom. The normalized spacial score (nSPS) is 11.7. The summed E-state index contributed by atoms with van der Waals surface area (Å²) < 4.78 is 5.35. The molecule has 3 rings (SSSR count). The van der Waals surface area contributed by atoms with Gasteiger partial charge in [0, 0.05) is 18.2 Å². The molecule has 5 nitrogen and oxygen atoms in total. The fourth-order valence-corrected chi connectivity index (χ4v) is 3.72. The number of aliphatic carboxylic acids is 1. The number of carbonyl (C=O) groups excluding carboxylic acids is 1. The zero-order chi connectivity index (χ0) is 19.2. The second-order valence-corrected chi connectivity index (χ2v) is 6.92. The second kappa shape index (κ2) is 8.60. The molecule has 0 unspecified atom stereocenters. The lowest BCUT2D eigenvalue weighted by Gasteiger charge is -2.11. The van der Waals surface area contributed by atoms with E-state index in [9.17, 15) is 14.7 Å². The maximum absolute atomic E-state index is 12.4. The predicted molar refractivity (Wildman–Crippen MR) is 104 cm³/mol. The second-order valence-electron chi connectivity index (χ2n) is 6.07. The number of hydrogen-bond acceptors (Lipinski definition) is 5. The molecule has 0 bridgehead atoms. The van der Waals surface area contributed by atoms with Crippen LogP contribution in [-0.2, 0) is 16.0 Å². The zero-order valence-electron chi connectivity index (χ0n) is 14.8. The third kappa shape index (κ3) is 4.60. The molecule has 1 atom stereocenters. The molecule has 0 aliphatic rings. The van der Waals surface area contributed by atoms with E-state index in [-0.39, 0.29) is 18.6 Å². The number of carbonyl (C=O) groups is 2. The Morgan fingerprint density at radius 3 is 2.52 bits per heavy atom. The summed E-state index contributed by atoms with van der Waals surface area (Å²) in [6.07, 6.45) is 0.0587. The lowest BCUT2D eigenvalue weighted by molar-refractivity contribution is -0.140. The van der Waals surface area contributed by atoms with Crippen LogP contribution in [-0.4, -0.2) is 29.0 Å². The molecule has 27 heavy (non-hydrogen) atoms. The Kier molecular flexibility index (Phi) is 5.98. The fraction of sp³-hybridized carbons (Fsp3) is 0.190. The van der Waals surface area contributed by atoms with Crippen LogP contribution in [0.2, 0.25) is 0 Å². The van der Waals surface area contributed by atoms with Gasteiger partial charge in [0.25, 0.3) is 0 Å². The van der Waals surface area contributed by atoms with Gasteiger partial charge in [-0.2, -0.15) is 0 Å². The number of nitrogens with zero attached hydrogens (tertiary/aromatic N) is 1. The van der Waals surface area contributed by atoms with Crippen LogP contribution in [0.4, 0.5) is 0 Å². The summed E-state index contributed by atoms with van der Waals surface area (Å²) in [5, 5.41) is 12.1. The monoisotopic (exact) mass is 381 g/mol. The van der Waals surface area contributed by atoms with Crippen LogP contribution in [0.15, 0.2) is 60.0 Å². The number of carboxylic acid groups (broad SMARTS) is 1. The van der Waals surface area contributed by atoms with Crippen LogP contribution in [0.25, 0.3) is 10.6 Å². The molecule has 0 saturated heterocycles. The lowest BCUT2D eigenvalue weighted by atomic mass is 9.93. The van der Waals surface area contributed by atoms with Crippen LogP contribution < -0.4 is 4.74 Å². The van der Waals surface area contributed by atoms with Crippen molar-refractivity contribution in [1.29, 1.82) is 0 Å². The Labute approximate surface area is 161 Å². The number of hydrogen-bond donors (Lipinski definition) is 1. The molecular weight excluding hydrogens is 362 g/mol. The van der Waals surface area contributed by atoms with E-state index >= 15 is 0 Å². The number of Topliss-reactive ketones (excluding diaryl/α,β-unsaturated/α-hetero) is 1. The van der Waals surface area contributed by atoms with E-state index in [2.05, 4.69) is 4.98 Å². The van der Waals surface area contributed by atoms with E-state index in [0.29, 0.717) is 11.3 Å². The third-order valence-corrected chi connectivity index (χ3v) is 5.12. The molecule has 1 aromatic heterocycles. The van der Waals surface area contributed by atoms with Crippen molar-refractivity contribution in [3.05, 3.63) is 71.2 Å². The quantitative estimate of drug-likeness (QED) is 0.633. The average molecular weight is 381 g/mol. The van der Waals surface area contributed by atoms with Crippen molar-refractivity contribution in [3.8, 4) is 16.3 Å². The molecule has 0 aliphatic heterocycles. The number of ether oxygens (including phenoxy) is 1. The van der Waals surface area contributed by atoms with E-state index in [1.54, 1.807) is 31.4 Å². The van der Waals surface area contributed by atoms with Gasteiger partial charge in [-0.3, -0.25) is 9.59 Å². The minimum absolute atomic E-state index is 0.0547. The van der Waals surface area contributed by atoms with Gasteiger partial charge < -0.3 is 9.84 Å². The Balaban J connectivity index is 1.71. The van der Waals surface area contributed by atoms with Crippen LogP contribution >= 0.6 is 11.3 Å². The molecule has 0 fully saturated rings. The largest absolute Gasteiger partial charge is 0.496 e. The molecular formula is C21H19NO4S. The fourth-order valence-electron chi connectivity index (χ4n) is 2.87. The summed E-state index contributed by atoms with van der Waals surface area (Å²) in [4.78, 5) is 28.5. The van der Waals surface area contributed by atoms with Gasteiger partial charge in [0.2, 0.25) is 0 Å². The molecule has 0 saturated carbocycles. The molecule has 0 aliphatic carbocycles. The molecule has 0 amide bonds. The van der Waals surface area contributed by atoms with E-state index < -0.39 is 11.9 Å². The summed E-state index contributed by atoms with van der Waals surface area (Å²) in [5.41, 5.74) is 2.14. The van der Waals surface area contributed by atoms with Crippen molar-refractivity contribution in [3.63, 3.8) is 0 Å². The van der Waals surface area contributed by atoms with Gasteiger partial charge in [0.1, 0.15) is 16.5 Å². The van der Waals surface area contributed by atoms with Crippen molar-refractivity contribution in [2.45, 2.75) is 18.8 Å². The third-order valence-electron chi connectivity index (χ3n) is 4.20. The Bertz CT molecular complexity index is 936. The first-order valence-corrected chi connectivity index (χ1v) is 9.33. The van der Waals surface area contributed by atoms with Crippen molar-refractivity contribution in [2.24, 2.45) is 0 Å². The molecule has 0 spiro atoms. The van der Waals surface area contributed by atoms with Gasteiger partial charge in [-0.1, -0.05) is 42.5 Å². The van der Waals surface area contributed by atoms with E-state index in [0.717, 1.165) is 16.3 Å². The number of ketones is 1. The lowest BCUT2D eigenvalue weighted by Crippen LogP contribution is -2.17. The smallest absolute Gasteiger partial charge is 0.311 e. The standard InChI is InChI=1S/C21H19NO4S/c1-26-19-10-6-5-9-17(19)20-22-15(13-27-20)11-16(23)12-18(21(24)25)14-7-3-2-4-8-14/h2-10,13,18H,11-12H2,1H3,(H,24,25)/t18-/m1/s1. The Hall–Kier alpha value is -2.99. The molecule has 1 heterocycles. The topological polar surface area (TPSA) is 76.5 Å². The number of methoxy groups -OCH3 is 1. The van der Waals surface area contributed by atoms with Gasteiger partial charge in [-0.15, -0.1) is 11.3 Å². The first kappa shape index (κ1) is 18.8. The van der Waals surface area contributed by atoms with E-state index in [1.165, 1.54) is 11.3 Å². The molecule has 3 aromatic rings. The minimum atomic E-state index is -0.998. The van der Waals surface area contributed by atoms with Gasteiger partial charge in [0.15, 0.2) is 0 Å². The highest BCUT2D eigenvalue weighted by atomic mass is 32.1. The van der Waals surface area contributed by atoms with Crippen LogP contribution in [0.1, 0.15) is 23.6 Å². The van der Waals surface area contributed by atoms with Crippen molar-refractivity contribution >= 4 is 23.1 Å². The maximum Gasteiger partial charge on any atom is 0.311 e. The first-order valence-electron chi connectivity index (χ1n) is 8.45. The summed E-state index contributed by atoms with van der Waals surface area (Å²) in [6, 6.07) is 16.4. The number of thiazole rings is 1. The Morgan fingerprint density at radius 1 is 1.11 bits per heavy atom. The average Bonchev–Trinajstić information content (AvgIpc) is 3.14. The number of para-hydroxylation sites is 1. The molecule has 138 valence electrons. The molecule has 1 N–H and O–H groups in total. The summed E-state index contributed by atoms with van der Waals surface area (Å²) in [7, 11) is 1.60. The summed E-state index contributed by atoms with van der Waals surface area (Å²) in [5.74, 6) is -1.27. The maximum atomic E-state index is 12.4. The van der Waals surface area contributed by atoms with Crippen LogP contribution in [0.3, 0.4) is 0 Å². The van der Waals surface area contributed by atoms with Crippen molar-refractivity contribution < 1.29 is 19.4 Å². The van der Waals surface area contributed by atoms with Crippen molar-refractivity contribution in [1.82, 2.24) is 4.98 Å². The van der Waals surface area contributed by atoms with Gasteiger partial charge in [0.05, 0.1) is 24.3 Å². The predicted octanol–water partition coefficient (Wildman–Crippen LogP) is 4.19. The zero-order valence-corrected chi connectivity index (χ0v) is 15.6. The van der Waals surface area contributed by atoms with E-state index in [1.807, 2.05) is 35.7 Å². The van der Waals surface area contributed by atoms with E-state index in [4.69, 9.17) is 4.74 Å². The summed E-state index contributed by atoms with van der Waals surface area (Å²) >= 11 is 1.44. The minimum Gasteiger partial charge on any atom is -0.496 e. The van der Waals surface area contributed by atoms with Crippen molar-refractivity contribution in [2.75, 3.05) is 7.11 Å². The number of carboxylic acids is 1. The van der Waals surface area contributed by atoms with Gasteiger partial charge in [-0.05, 0) is 17.7 Å². The van der Waals surface area contributed by atoms with Crippen LogP contribution in [0, 0.1) is 0 Å². The molecule has 6 heteroatoms. The molecule has 2 aromatic carbocycles. The highest BCUT2D eigenvalue weighted by Crippen LogP contribution is 2.32. The number of aromatic nitrogens is 1.